The third kappa shape index (κ3) is 3.78. The minimum absolute atomic E-state index is 0.128. The van der Waals surface area contributed by atoms with Gasteiger partial charge in [0.05, 0.1) is 29.9 Å². The van der Waals surface area contributed by atoms with Gasteiger partial charge in [-0.25, -0.2) is 4.98 Å². The molecule has 1 saturated heterocycles. The van der Waals surface area contributed by atoms with E-state index in [4.69, 9.17) is 28.6 Å². The Labute approximate surface area is 206 Å². The number of halogens is 1. The zero-order chi connectivity index (χ0) is 23.1. The monoisotopic (exact) mass is 495 g/mol. The lowest BCUT2D eigenvalue weighted by Crippen LogP contribution is -2.29. The molecular weight excluding hydrogens is 474 g/mol. The predicted octanol–water partition coefficient (Wildman–Crippen LogP) is 5.78. The van der Waals surface area contributed by atoms with E-state index < -0.39 is 0 Å². The van der Waals surface area contributed by atoms with Crippen LogP contribution in [0, 0.1) is 13.8 Å². The lowest BCUT2D eigenvalue weighted by Gasteiger charge is -2.28. The van der Waals surface area contributed by atoms with Gasteiger partial charge < -0.3 is 15.0 Å². The first-order valence-electron chi connectivity index (χ1n) is 10.4. The van der Waals surface area contributed by atoms with Gasteiger partial charge in [0.1, 0.15) is 5.75 Å². The highest BCUT2D eigenvalue weighted by Crippen LogP contribution is 2.44. The predicted molar refractivity (Wildman–Crippen MR) is 137 cm³/mol. The van der Waals surface area contributed by atoms with Gasteiger partial charge in [-0.1, -0.05) is 17.7 Å². The van der Waals surface area contributed by atoms with Crippen LogP contribution in [0.4, 0.5) is 5.69 Å². The molecule has 2 atom stereocenters. The molecule has 0 spiro atoms. The molecule has 33 heavy (non-hydrogen) atoms. The number of hydrogen-bond acceptors (Lipinski definition) is 5. The van der Waals surface area contributed by atoms with E-state index in [2.05, 4.69) is 44.7 Å². The normalized spacial score (nSPS) is 17.9. The highest BCUT2D eigenvalue weighted by atomic mass is 35.5. The van der Waals surface area contributed by atoms with Gasteiger partial charge in [-0.2, -0.15) is 0 Å². The Bertz CT molecular complexity index is 1310. The molecular formula is C24H22ClN5OS2. The van der Waals surface area contributed by atoms with Crippen molar-refractivity contribution < 1.29 is 4.74 Å². The number of pyridine rings is 1. The summed E-state index contributed by atoms with van der Waals surface area (Å²) in [6.45, 7) is 4.22. The van der Waals surface area contributed by atoms with Crippen LogP contribution in [0.5, 0.6) is 5.75 Å². The summed E-state index contributed by atoms with van der Waals surface area (Å²) in [5.74, 6) is 0.623. The fraction of sp³-hybridized carbons (Fsp3) is 0.208. The first-order valence-corrected chi connectivity index (χ1v) is 12.1. The molecule has 5 rings (SSSR count). The Kier molecular flexibility index (Phi) is 5.82. The summed E-state index contributed by atoms with van der Waals surface area (Å²) < 4.78 is 7.54. The van der Waals surface area contributed by atoms with Crippen molar-refractivity contribution in [2.24, 2.45) is 0 Å². The van der Waals surface area contributed by atoms with E-state index in [9.17, 15) is 0 Å². The fourth-order valence-electron chi connectivity index (χ4n) is 4.46. The van der Waals surface area contributed by atoms with E-state index >= 15 is 0 Å². The second kappa shape index (κ2) is 8.78. The van der Waals surface area contributed by atoms with E-state index in [1.165, 1.54) is 0 Å². The first-order chi connectivity index (χ1) is 16.0. The minimum Gasteiger partial charge on any atom is -0.495 e. The number of nitrogens with zero attached hydrogens (tertiary/aromatic N) is 4. The van der Waals surface area contributed by atoms with Crippen LogP contribution in [0.3, 0.4) is 0 Å². The molecule has 3 aromatic heterocycles. The van der Waals surface area contributed by atoms with Gasteiger partial charge in [0.15, 0.2) is 10.2 Å². The van der Waals surface area contributed by atoms with Crippen molar-refractivity contribution >= 4 is 46.0 Å². The molecule has 4 aromatic rings. The number of benzene rings is 1. The maximum Gasteiger partial charge on any atom is 0.193 e. The standard InChI is InChI=1S/C24H22ClN5OS2/c1-14-12-17(15(2)29(14)24-27-10-11-33-24)22-21(19-6-4-5-9-26-19)28-23(32)30(22)16-7-8-20(31-3)18(25)13-16/h4-13,21-22H,1-3H3,(H,28,32). The Morgan fingerprint density at radius 2 is 1.97 bits per heavy atom. The Morgan fingerprint density at radius 1 is 1.12 bits per heavy atom. The molecule has 1 aliphatic heterocycles. The molecule has 9 heteroatoms. The first kappa shape index (κ1) is 21.9. The summed E-state index contributed by atoms with van der Waals surface area (Å²) in [5.41, 5.74) is 5.19. The summed E-state index contributed by atoms with van der Waals surface area (Å²) >= 11 is 13.9. The van der Waals surface area contributed by atoms with Crippen molar-refractivity contribution in [3.8, 4) is 10.9 Å². The minimum atomic E-state index is -0.134. The average molecular weight is 496 g/mol. The quantitative estimate of drug-likeness (QED) is 0.354. The topological polar surface area (TPSA) is 55.2 Å². The van der Waals surface area contributed by atoms with E-state index in [0.717, 1.165) is 33.5 Å². The summed E-state index contributed by atoms with van der Waals surface area (Å²) in [4.78, 5) is 11.3. The van der Waals surface area contributed by atoms with E-state index in [1.807, 2.05) is 54.2 Å². The summed E-state index contributed by atoms with van der Waals surface area (Å²) in [6.07, 6.45) is 3.63. The molecule has 1 aromatic carbocycles. The molecule has 6 nitrogen and oxygen atoms in total. The van der Waals surface area contributed by atoms with Gasteiger partial charge in [-0.3, -0.25) is 9.55 Å². The zero-order valence-corrected chi connectivity index (χ0v) is 20.7. The van der Waals surface area contributed by atoms with Crippen molar-refractivity contribution in [3.05, 3.63) is 87.9 Å². The van der Waals surface area contributed by atoms with Crippen molar-refractivity contribution in [2.45, 2.75) is 25.9 Å². The number of anilines is 1. The van der Waals surface area contributed by atoms with Crippen molar-refractivity contribution in [1.82, 2.24) is 19.9 Å². The van der Waals surface area contributed by atoms with Crippen LogP contribution >= 0.6 is 35.2 Å². The Morgan fingerprint density at radius 3 is 2.64 bits per heavy atom. The molecule has 1 aliphatic rings. The molecule has 2 unspecified atom stereocenters. The summed E-state index contributed by atoms with van der Waals surface area (Å²) in [5, 5.41) is 7.59. The number of methoxy groups -OCH3 is 1. The highest BCUT2D eigenvalue weighted by Gasteiger charge is 2.42. The molecule has 0 radical (unpaired) electrons. The van der Waals surface area contributed by atoms with Crippen LogP contribution in [0.1, 0.15) is 34.7 Å². The number of thiazole rings is 1. The van der Waals surface area contributed by atoms with E-state index in [-0.39, 0.29) is 12.1 Å². The maximum atomic E-state index is 6.49. The molecule has 168 valence electrons. The van der Waals surface area contributed by atoms with Gasteiger partial charge in [0, 0.05) is 34.8 Å². The number of ether oxygens (including phenoxy) is 1. The Hall–Kier alpha value is -2.94. The Balaban J connectivity index is 1.68. The van der Waals surface area contributed by atoms with Crippen molar-refractivity contribution in [2.75, 3.05) is 12.0 Å². The molecule has 1 fully saturated rings. The number of thiocarbonyl (C=S) groups is 1. The fourth-order valence-corrected chi connectivity index (χ4v) is 5.81. The van der Waals surface area contributed by atoms with Crippen LogP contribution in [0.25, 0.3) is 5.13 Å². The largest absolute Gasteiger partial charge is 0.495 e. The van der Waals surface area contributed by atoms with Crippen LogP contribution in [-0.2, 0) is 0 Å². The smallest absolute Gasteiger partial charge is 0.193 e. The van der Waals surface area contributed by atoms with E-state index in [1.54, 1.807) is 18.4 Å². The number of rotatable bonds is 5. The van der Waals surface area contributed by atoms with Crippen molar-refractivity contribution in [3.63, 3.8) is 0 Å². The molecule has 0 aliphatic carbocycles. The molecule has 0 amide bonds. The van der Waals surface area contributed by atoms with Crippen molar-refractivity contribution in [1.29, 1.82) is 0 Å². The highest BCUT2D eigenvalue weighted by molar-refractivity contribution is 7.80. The molecule has 1 N–H and O–H groups in total. The van der Waals surface area contributed by atoms with Gasteiger partial charge >= 0.3 is 0 Å². The van der Waals surface area contributed by atoms with Gasteiger partial charge in [-0.05, 0) is 68.0 Å². The van der Waals surface area contributed by atoms with Crippen LogP contribution in [-0.4, -0.2) is 26.8 Å². The third-order valence-electron chi connectivity index (χ3n) is 5.91. The molecule has 4 heterocycles. The number of aromatic nitrogens is 3. The van der Waals surface area contributed by atoms with Gasteiger partial charge in [-0.15, -0.1) is 11.3 Å². The lowest BCUT2D eigenvalue weighted by atomic mass is 9.96. The number of hydrogen-bond donors (Lipinski definition) is 1. The molecule has 0 bridgehead atoms. The van der Waals surface area contributed by atoms with Crippen LogP contribution < -0.4 is 15.0 Å². The van der Waals surface area contributed by atoms with Gasteiger partial charge in [0.25, 0.3) is 0 Å². The van der Waals surface area contributed by atoms with Crippen LogP contribution in [0.15, 0.2) is 60.2 Å². The lowest BCUT2D eigenvalue weighted by molar-refractivity contribution is 0.415. The second-order valence-corrected chi connectivity index (χ2v) is 9.46. The van der Waals surface area contributed by atoms with Gasteiger partial charge in [0.2, 0.25) is 0 Å². The van der Waals surface area contributed by atoms with E-state index in [0.29, 0.717) is 15.9 Å². The third-order valence-corrected chi connectivity index (χ3v) is 7.28. The second-order valence-electron chi connectivity index (χ2n) is 7.79. The average Bonchev–Trinajstić information content (AvgIpc) is 3.52. The van der Waals surface area contributed by atoms with Crippen LogP contribution in [0.2, 0.25) is 5.02 Å². The summed E-state index contributed by atoms with van der Waals surface area (Å²) in [7, 11) is 1.61. The SMILES string of the molecule is COc1ccc(N2C(=S)NC(c3ccccn3)C2c2cc(C)n(-c3nccs3)c2C)cc1Cl. The summed E-state index contributed by atoms with van der Waals surface area (Å²) in [6, 6.07) is 13.6. The number of nitrogens with one attached hydrogen (secondary N) is 1. The maximum absolute atomic E-state index is 6.49. The number of aryl methyl sites for hydroxylation is 1. The molecule has 0 saturated carbocycles. The zero-order valence-electron chi connectivity index (χ0n) is 18.3.